The lowest BCUT2D eigenvalue weighted by Crippen LogP contribution is -2.25. The molecule has 28 heavy (non-hydrogen) atoms. The van der Waals surface area contributed by atoms with Crippen molar-refractivity contribution in [3.63, 3.8) is 0 Å². The van der Waals surface area contributed by atoms with E-state index in [4.69, 9.17) is 11.6 Å². The number of aryl methyl sites for hydroxylation is 1. The second-order valence-corrected chi connectivity index (χ2v) is 9.06. The predicted octanol–water partition coefficient (Wildman–Crippen LogP) is 3.27. The van der Waals surface area contributed by atoms with Gasteiger partial charge in [-0.05, 0) is 31.2 Å². The van der Waals surface area contributed by atoms with Gasteiger partial charge in [-0.3, -0.25) is 9.52 Å². The lowest BCUT2D eigenvalue weighted by molar-refractivity contribution is 0.0954. The number of anilines is 1. The van der Waals surface area contributed by atoms with Gasteiger partial charge in [-0.2, -0.15) is 0 Å². The van der Waals surface area contributed by atoms with Crippen LogP contribution in [0.25, 0.3) is 0 Å². The van der Waals surface area contributed by atoms with Gasteiger partial charge in [0.25, 0.3) is 15.9 Å². The average molecular weight is 437 g/mol. The van der Waals surface area contributed by atoms with E-state index in [2.05, 4.69) is 20.2 Å². The minimum Gasteiger partial charge on any atom is -0.352 e. The summed E-state index contributed by atoms with van der Waals surface area (Å²) in [5.41, 5.74) is 1.36. The number of carbonyl (C=O) groups excluding carboxylic acids is 1. The van der Waals surface area contributed by atoms with Crippen molar-refractivity contribution in [3.8, 4) is 0 Å². The second-order valence-electron chi connectivity index (χ2n) is 5.91. The van der Waals surface area contributed by atoms with E-state index in [1.54, 1.807) is 36.4 Å². The summed E-state index contributed by atoms with van der Waals surface area (Å²) in [4.78, 5) is 12.3. The van der Waals surface area contributed by atoms with Crippen LogP contribution in [-0.2, 0) is 16.4 Å². The van der Waals surface area contributed by atoms with Gasteiger partial charge in [0.1, 0.15) is 5.01 Å². The summed E-state index contributed by atoms with van der Waals surface area (Å²) in [7, 11) is -3.72. The molecule has 1 heterocycles. The minimum atomic E-state index is -3.72. The molecule has 0 aliphatic carbocycles. The number of benzene rings is 2. The fraction of sp³-hybridized carbons (Fsp3) is 0.167. The Morgan fingerprint density at radius 1 is 1.11 bits per heavy atom. The highest BCUT2D eigenvalue weighted by atomic mass is 35.5. The van der Waals surface area contributed by atoms with Gasteiger partial charge in [0.15, 0.2) is 0 Å². The molecule has 1 amide bonds. The molecule has 0 aliphatic heterocycles. The van der Waals surface area contributed by atoms with Gasteiger partial charge in [0, 0.05) is 13.0 Å². The lowest BCUT2D eigenvalue weighted by atomic mass is 10.2. The van der Waals surface area contributed by atoms with Crippen LogP contribution >= 0.6 is 22.9 Å². The Morgan fingerprint density at radius 3 is 2.54 bits per heavy atom. The molecule has 0 bridgehead atoms. The van der Waals surface area contributed by atoms with E-state index in [0.29, 0.717) is 28.6 Å². The maximum absolute atomic E-state index is 12.4. The third kappa shape index (κ3) is 5.06. The Hall–Kier alpha value is -2.49. The first-order valence-electron chi connectivity index (χ1n) is 8.30. The Balaban J connectivity index is 1.56. The monoisotopic (exact) mass is 436 g/mol. The van der Waals surface area contributed by atoms with E-state index in [-0.39, 0.29) is 15.9 Å². The maximum atomic E-state index is 12.4. The van der Waals surface area contributed by atoms with Gasteiger partial charge >= 0.3 is 0 Å². The molecule has 0 unspecified atom stereocenters. The van der Waals surface area contributed by atoms with Gasteiger partial charge < -0.3 is 5.32 Å². The molecule has 7 nitrogen and oxygen atoms in total. The van der Waals surface area contributed by atoms with E-state index < -0.39 is 10.0 Å². The van der Waals surface area contributed by atoms with Crippen molar-refractivity contribution < 1.29 is 13.2 Å². The zero-order valence-electron chi connectivity index (χ0n) is 14.8. The summed E-state index contributed by atoms with van der Waals surface area (Å²) in [6, 6.07) is 13.3. The van der Waals surface area contributed by atoms with Crippen LogP contribution in [0.1, 0.15) is 20.9 Å². The van der Waals surface area contributed by atoms with Crippen molar-refractivity contribution in [1.29, 1.82) is 0 Å². The maximum Gasteiger partial charge on any atom is 0.263 e. The molecule has 0 saturated heterocycles. The number of carbonyl (C=O) groups is 1. The Morgan fingerprint density at radius 2 is 1.82 bits per heavy atom. The molecule has 0 atom stereocenters. The van der Waals surface area contributed by atoms with Crippen LogP contribution in [-0.4, -0.2) is 31.1 Å². The summed E-state index contributed by atoms with van der Waals surface area (Å²) in [6.45, 7) is 2.20. The molecule has 3 rings (SSSR count). The van der Waals surface area contributed by atoms with E-state index in [0.717, 1.165) is 16.9 Å². The molecule has 146 valence electrons. The summed E-state index contributed by atoms with van der Waals surface area (Å²) in [6.07, 6.45) is 0.417. The molecule has 0 aliphatic rings. The molecule has 10 heteroatoms. The number of hydrogen-bond donors (Lipinski definition) is 2. The van der Waals surface area contributed by atoms with Crippen molar-refractivity contribution in [2.24, 2.45) is 0 Å². The number of sulfonamides is 1. The Labute approximate surface area is 171 Å². The molecule has 3 aromatic rings. The fourth-order valence-electron chi connectivity index (χ4n) is 2.31. The van der Waals surface area contributed by atoms with Crippen LogP contribution < -0.4 is 10.0 Å². The zero-order valence-corrected chi connectivity index (χ0v) is 17.2. The standard InChI is InChI=1S/C18H17ClN4O3S2/c1-12-6-8-13(9-7-12)28(25,26)23-18-22-21-16(27-18)10-11-20-17(24)14-4-2-3-5-15(14)19/h2-9H,10-11H2,1H3,(H,20,24)(H,22,23). The molecule has 2 aromatic carbocycles. The van der Waals surface area contributed by atoms with Crippen LogP contribution in [0.2, 0.25) is 5.02 Å². The number of nitrogens with zero attached hydrogens (tertiary/aromatic N) is 2. The predicted molar refractivity (Wildman–Crippen MR) is 109 cm³/mol. The van der Waals surface area contributed by atoms with Crippen molar-refractivity contribution in [1.82, 2.24) is 15.5 Å². The van der Waals surface area contributed by atoms with Crippen molar-refractivity contribution in [3.05, 3.63) is 69.7 Å². The Kier molecular flexibility index (Phi) is 6.28. The first-order valence-corrected chi connectivity index (χ1v) is 11.0. The summed E-state index contributed by atoms with van der Waals surface area (Å²) < 4.78 is 27.2. The largest absolute Gasteiger partial charge is 0.352 e. The molecule has 2 N–H and O–H groups in total. The number of aromatic nitrogens is 2. The minimum absolute atomic E-state index is 0.154. The molecule has 0 radical (unpaired) electrons. The van der Waals surface area contributed by atoms with E-state index in [9.17, 15) is 13.2 Å². The second kappa shape index (κ2) is 8.68. The smallest absolute Gasteiger partial charge is 0.263 e. The van der Waals surface area contributed by atoms with Crippen molar-refractivity contribution in [2.45, 2.75) is 18.2 Å². The van der Waals surface area contributed by atoms with Gasteiger partial charge in [-0.25, -0.2) is 8.42 Å². The highest BCUT2D eigenvalue weighted by molar-refractivity contribution is 7.93. The van der Waals surface area contributed by atoms with Crippen LogP contribution in [0.4, 0.5) is 5.13 Å². The highest BCUT2D eigenvalue weighted by Crippen LogP contribution is 2.20. The van der Waals surface area contributed by atoms with Gasteiger partial charge in [-0.1, -0.05) is 52.8 Å². The van der Waals surface area contributed by atoms with Crippen LogP contribution in [0.3, 0.4) is 0 Å². The molecule has 0 fully saturated rings. The third-order valence-electron chi connectivity index (χ3n) is 3.76. The quantitative estimate of drug-likeness (QED) is 0.591. The number of halogens is 1. The third-order valence-corrected chi connectivity index (χ3v) is 6.47. The number of amides is 1. The van der Waals surface area contributed by atoms with Crippen LogP contribution in [0.15, 0.2) is 53.4 Å². The summed E-state index contributed by atoms with van der Waals surface area (Å²) in [5.74, 6) is -0.282. The topological polar surface area (TPSA) is 101 Å². The van der Waals surface area contributed by atoms with E-state index in [1.807, 2.05) is 6.92 Å². The fourth-order valence-corrected chi connectivity index (χ4v) is 4.50. The number of hydrogen-bond acceptors (Lipinski definition) is 6. The molecule has 0 saturated carbocycles. The number of nitrogens with one attached hydrogen (secondary N) is 2. The normalized spacial score (nSPS) is 11.2. The van der Waals surface area contributed by atoms with Gasteiger partial charge in [0.2, 0.25) is 5.13 Å². The van der Waals surface area contributed by atoms with Crippen LogP contribution in [0.5, 0.6) is 0 Å². The molecule has 1 aromatic heterocycles. The molecule has 0 spiro atoms. The first kappa shape index (κ1) is 20.2. The van der Waals surface area contributed by atoms with Crippen molar-refractivity contribution >= 4 is 44.0 Å². The lowest BCUT2D eigenvalue weighted by Gasteiger charge is -2.05. The SMILES string of the molecule is Cc1ccc(S(=O)(=O)Nc2nnc(CCNC(=O)c3ccccc3Cl)s2)cc1. The van der Waals surface area contributed by atoms with Gasteiger partial charge in [0.05, 0.1) is 15.5 Å². The van der Waals surface area contributed by atoms with Gasteiger partial charge in [-0.15, -0.1) is 10.2 Å². The van der Waals surface area contributed by atoms with Crippen molar-refractivity contribution in [2.75, 3.05) is 11.3 Å². The average Bonchev–Trinajstić information content (AvgIpc) is 3.09. The molecular formula is C18H17ClN4O3S2. The van der Waals surface area contributed by atoms with Crippen LogP contribution in [0, 0.1) is 6.92 Å². The zero-order chi connectivity index (χ0) is 20.1. The summed E-state index contributed by atoms with van der Waals surface area (Å²) in [5, 5.41) is 11.7. The Bertz CT molecular complexity index is 1080. The van der Waals surface area contributed by atoms with E-state index in [1.165, 1.54) is 12.1 Å². The first-order chi connectivity index (χ1) is 13.3. The highest BCUT2D eigenvalue weighted by Gasteiger charge is 2.17. The molecular weight excluding hydrogens is 420 g/mol. The van der Waals surface area contributed by atoms with E-state index >= 15 is 0 Å². The summed E-state index contributed by atoms with van der Waals surface area (Å²) >= 11 is 7.11. The number of rotatable bonds is 7.